The zero-order valence-electron chi connectivity index (χ0n) is 19.8. The minimum Gasteiger partial charge on any atom is -0.478 e. The molecule has 0 amide bonds. The monoisotopic (exact) mass is 538 g/mol. The molecule has 3 fully saturated rings. The summed E-state index contributed by atoms with van der Waals surface area (Å²) in [6.45, 7) is 0.601. The summed E-state index contributed by atoms with van der Waals surface area (Å²) < 4.78 is 11.9. The third-order valence-corrected chi connectivity index (χ3v) is 8.52. The number of hydrogen-bond acceptors (Lipinski definition) is 7. The number of rotatable bonds is 7. The molecule has 0 radical (unpaired) electrons. The fraction of sp³-hybridized carbons (Fsp3) is 0.370. The Hall–Kier alpha value is -3.07. The minimum atomic E-state index is -0.984. The minimum absolute atomic E-state index is 0.189. The Morgan fingerprint density at radius 3 is 2.70 bits per heavy atom. The lowest BCUT2D eigenvalue weighted by Gasteiger charge is -2.24. The Labute approximate surface area is 222 Å². The van der Waals surface area contributed by atoms with Crippen molar-refractivity contribution in [3.05, 3.63) is 63.3 Å². The van der Waals surface area contributed by atoms with Gasteiger partial charge in [0.15, 0.2) is 5.58 Å². The van der Waals surface area contributed by atoms with E-state index in [0.717, 1.165) is 43.4 Å². The molecule has 1 aliphatic carbocycles. The number of nitrogens with zero attached hydrogens (tertiary/aromatic N) is 3. The lowest BCUT2D eigenvalue weighted by atomic mass is 9.95. The number of carbonyl (C=O) groups is 1. The van der Waals surface area contributed by atoms with E-state index in [1.54, 1.807) is 12.1 Å². The van der Waals surface area contributed by atoms with E-state index in [9.17, 15) is 9.90 Å². The van der Waals surface area contributed by atoms with Gasteiger partial charge in [0.1, 0.15) is 17.0 Å². The number of anilines is 1. The second-order valence-corrected chi connectivity index (χ2v) is 11.0. The van der Waals surface area contributed by atoms with Gasteiger partial charge in [-0.15, -0.1) is 0 Å². The van der Waals surface area contributed by atoms with Gasteiger partial charge < -0.3 is 24.3 Å². The van der Waals surface area contributed by atoms with Crippen molar-refractivity contribution in [2.45, 2.75) is 62.7 Å². The SMILES string of the molecule is O=C(O)c1ccc2nc(N3C4CCC3C(NCc3c(-c5c(Cl)cccc5Cl)noc3C3CC3)C4)oc2c1. The van der Waals surface area contributed by atoms with Crippen LogP contribution in [0.5, 0.6) is 0 Å². The standard InChI is InChI=1S/C27H24Cl2N4O4/c28-17-2-1-3-18(29)23(17)24-16(25(37-32-24)13-4-5-13)12-30-20-11-15-7-9-21(20)33(15)27-31-19-8-6-14(26(34)35)10-22(19)36-27/h1-3,6,8,10,13,15,20-21,30H,4-5,7,9,11-12H2,(H,34,35). The molecule has 2 saturated heterocycles. The number of nitrogens with one attached hydrogen (secondary N) is 1. The number of benzene rings is 2. The van der Waals surface area contributed by atoms with E-state index >= 15 is 0 Å². The number of carboxylic acids is 1. The van der Waals surface area contributed by atoms with Crippen molar-refractivity contribution in [2.24, 2.45) is 0 Å². The van der Waals surface area contributed by atoms with Crippen LogP contribution in [0.15, 0.2) is 45.3 Å². The van der Waals surface area contributed by atoms with E-state index in [1.165, 1.54) is 6.07 Å². The first-order valence-corrected chi connectivity index (χ1v) is 13.3. The van der Waals surface area contributed by atoms with Crippen LogP contribution >= 0.6 is 23.2 Å². The van der Waals surface area contributed by atoms with E-state index in [2.05, 4.69) is 20.4 Å². The molecule has 3 aliphatic rings. The molecular weight excluding hydrogens is 515 g/mol. The number of hydrogen-bond donors (Lipinski definition) is 2. The van der Waals surface area contributed by atoms with Gasteiger partial charge in [0.25, 0.3) is 6.01 Å². The Kier molecular flexibility index (Phi) is 5.46. The Bertz CT molecular complexity index is 1510. The van der Waals surface area contributed by atoms with E-state index in [1.807, 2.05) is 18.2 Å². The molecule has 0 spiro atoms. The first kappa shape index (κ1) is 23.1. The van der Waals surface area contributed by atoms with Gasteiger partial charge in [-0.05, 0) is 62.4 Å². The fourth-order valence-corrected chi connectivity index (χ4v) is 6.55. The van der Waals surface area contributed by atoms with Crippen LogP contribution in [-0.2, 0) is 6.54 Å². The predicted octanol–water partition coefficient (Wildman–Crippen LogP) is 6.26. The van der Waals surface area contributed by atoms with Crippen LogP contribution in [0.1, 0.15) is 59.7 Å². The number of oxazole rings is 1. The predicted molar refractivity (Wildman–Crippen MR) is 139 cm³/mol. The molecule has 190 valence electrons. The van der Waals surface area contributed by atoms with E-state index in [-0.39, 0.29) is 17.6 Å². The lowest BCUT2D eigenvalue weighted by molar-refractivity contribution is 0.0697. The van der Waals surface area contributed by atoms with Gasteiger partial charge in [-0.1, -0.05) is 34.4 Å². The van der Waals surface area contributed by atoms with Gasteiger partial charge in [0.05, 0.1) is 15.6 Å². The topological polar surface area (TPSA) is 105 Å². The number of carboxylic acid groups (broad SMARTS) is 1. The van der Waals surface area contributed by atoms with Crippen molar-refractivity contribution in [3.63, 3.8) is 0 Å². The normalized spacial score (nSPS) is 22.9. The largest absolute Gasteiger partial charge is 0.478 e. The summed E-state index contributed by atoms with van der Waals surface area (Å²) >= 11 is 13.0. The van der Waals surface area contributed by atoms with Crippen molar-refractivity contribution < 1.29 is 18.8 Å². The maximum absolute atomic E-state index is 11.3. The molecule has 37 heavy (non-hydrogen) atoms. The molecule has 1 saturated carbocycles. The van der Waals surface area contributed by atoms with Crippen LogP contribution < -0.4 is 10.2 Å². The van der Waals surface area contributed by atoms with Gasteiger partial charge in [-0.25, -0.2) is 4.79 Å². The average molecular weight is 539 g/mol. The third kappa shape index (κ3) is 3.90. The first-order chi connectivity index (χ1) is 18.0. The van der Waals surface area contributed by atoms with Crippen LogP contribution in [0.25, 0.3) is 22.4 Å². The van der Waals surface area contributed by atoms with Crippen molar-refractivity contribution >= 4 is 46.3 Å². The summed E-state index contributed by atoms with van der Waals surface area (Å²) in [6.07, 6.45) is 5.27. The maximum atomic E-state index is 11.3. The van der Waals surface area contributed by atoms with E-state index in [0.29, 0.717) is 56.9 Å². The summed E-state index contributed by atoms with van der Waals surface area (Å²) in [6, 6.07) is 11.6. The summed E-state index contributed by atoms with van der Waals surface area (Å²) in [5.74, 6) is 0.333. The molecule has 7 rings (SSSR count). The second-order valence-electron chi connectivity index (χ2n) is 10.2. The lowest BCUT2D eigenvalue weighted by Crippen LogP contribution is -2.41. The molecule has 8 nitrogen and oxygen atoms in total. The molecule has 10 heteroatoms. The summed E-state index contributed by atoms with van der Waals surface area (Å²) in [7, 11) is 0. The van der Waals surface area contributed by atoms with Gasteiger partial charge in [-0.2, -0.15) is 4.98 Å². The fourth-order valence-electron chi connectivity index (χ4n) is 5.97. The van der Waals surface area contributed by atoms with Crippen LogP contribution in [0.4, 0.5) is 6.01 Å². The quantitative estimate of drug-likeness (QED) is 0.284. The van der Waals surface area contributed by atoms with E-state index in [4.69, 9.17) is 32.1 Å². The average Bonchev–Trinajstić information content (AvgIpc) is 3.21. The number of aromatic carboxylic acids is 1. The summed E-state index contributed by atoms with van der Waals surface area (Å²) in [5.41, 5.74) is 3.78. The highest BCUT2D eigenvalue weighted by Gasteiger charge is 2.48. The van der Waals surface area contributed by atoms with Crippen LogP contribution in [0.2, 0.25) is 10.0 Å². The molecule has 4 heterocycles. The van der Waals surface area contributed by atoms with Gasteiger partial charge >= 0.3 is 5.97 Å². The number of aromatic nitrogens is 2. The van der Waals surface area contributed by atoms with Gasteiger partial charge in [0.2, 0.25) is 0 Å². The van der Waals surface area contributed by atoms with Crippen LogP contribution in [0.3, 0.4) is 0 Å². The molecule has 2 N–H and O–H groups in total. The van der Waals surface area contributed by atoms with Crippen molar-refractivity contribution in [1.29, 1.82) is 0 Å². The Morgan fingerprint density at radius 2 is 1.95 bits per heavy atom. The second kappa shape index (κ2) is 8.75. The molecule has 2 aliphatic heterocycles. The van der Waals surface area contributed by atoms with Crippen molar-refractivity contribution in [1.82, 2.24) is 15.5 Å². The molecule has 3 atom stereocenters. The van der Waals surface area contributed by atoms with Crippen molar-refractivity contribution in [2.75, 3.05) is 4.90 Å². The number of fused-ring (bicyclic) bond motifs is 3. The van der Waals surface area contributed by atoms with Crippen LogP contribution in [-0.4, -0.2) is 39.3 Å². The smallest absolute Gasteiger partial charge is 0.335 e. The molecule has 3 unspecified atom stereocenters. The zero-order valence-corrected chi connectivity index (χ0v) is 21.3. The third-order valence-electron chi connectivity index (χ3n) is 7.89. The molecule has 2 aromatic heterocycles. The Morgan fingerprint density at radius 1 is 1.14 bits per heavy atom. The first-order valence-electron chi connectivity index (χ1n) is 12.6. The molecular formula is C27H24Cl2N4O4. The van der Waals surface area contributed by atoms with Gasteiger partial charge in [0, 0.05) is 41.7 Å². The molecule has 2 bridgehead atoms. The van der Waals surface area contributed by atoms with Crippen molar-refractivity contribution in [3.8, 4) is 11.3 Å². The Balaban J connectivity index is 1.15. The highest BCUT2D eigenvalue weighted by molar-refractivity contribution is 6.39. The summed E-state index contributed by atoms with van der Waals surface area (Å²) in [5, 5.41) is 18.6. The maximum Gasteiger partial charge on any atom is 0.335 e. The summed E-state index contributed by atoms with van der Waals surface area (Å²) in [4.78, 5) is 18.3. The van der Waals surface area contributed by atoms with Gasteiger partial charge in [-0.3, -0.25) is 0 Å². The molecule has 4 aromatic rings. The van der Waals surface area contributed by atoms with E-state index < -0.39 is 5.97 Å². The number of halogens is 2. The zero-order chi connectivity index (χ0) is 25.3. The highest BCUT2D eigenvalue weighted by atomic mass is 35.5. The highest BCUT2D eigenvalue weighted by Crippen LogP contribution is 2.46. The van der Waals surface area contributed by atoms with Crippen LogP contribution in [0, 0.1) is 0 Å². The molecule has 2 aromatic carbocycles.